The van der Waals surface area contributed by atoms with E-state index in [1.54, 1.807) is 38.1 Å². The van der Waals surface area contributed by atoms with E-state index in [9.17, 15) is 23.7 Å². The van der Waals surface area contributed by atoms with Gasteiger partial charge in [0.25, 0.3) is 5.91 Å². The van der Waals surface area contributed by atoms with Gasteiger partial charge in [-0.15, -0.1) is 0 Å². The highest BCUT2D eigenvalue weighted by molar-refractivity contribution is 7.87. The molecule has 2 fully saturated rings. The number of carbonyl (C=O) groups is 3. The van der Waals surface area contributed by atoms with Crippen LogP contribution in [0.2, 0.25) is 0 Å². The van der Waals surface area contributed by atoms with Crippen molar-refractivity contribution in [2.75, 3.05) is 6.61 Å². The molecule has 2 amide bonds. The van der Waals surface area contributed by atoms with E-state index in [-0.39, 0.29) is 6.61 Å². The maximum absolute atomic E-state index is 12.6. The Morgan fingerprint density at radius 3 is 2.56 bits per heavy atom. The topological polar surface area (TPSA) is 113 Å². The van der Waals surface area contributed by atoms with Crippen LogP contribution in [0.4, 0.5) is 0 Å². The summed E-state index contributed by atoms with van der Waals surface area (Å²) in [5.74, 6) is -1.76. The summed E-state index contributed by atoms with van der Waals surface area (Å²) >= 11 is 0. The first kappa shape index (κ1) is 17.4. The third-order valence-corrected chi connectivity index (χ3v) is 6.62. The highest BCUT2D eigenvalue weighted by Crippen LogP contribution is 2.43. The van der Waals surface area contributed by atoms with E-state index < -0.39 is 50.8 Å². The Morgan fingerprint density at radius 2 is 1.96 bits per heavy atom. The molecule has 0 spiro atoms. The molecule has 2 N–H and O–H groups in total. The van der Waals surface area contributed by atoms with Gasteiger partial charge in [0.1, 0.15) is 23.2 Å². The number of benzene rings is 1. The zero-order valence-electron chi connectivity index (χ0n) is 13.7. The summed E-state index contributed by atoms with van der Waals surface area (Å²) in [7, 11) is -1.61. The quantitative estimate of drug-likeness (QED) is 0.693. The summed E-state index contributed by atoms with van der Waals surface area (Å²) in [6.07, 6.45) is 0. The van der Waals surface area contributed by atoms with E-state index in [4.69, 9.17) is 4.74 Å². The van der Waals surface area contributed by atoms with Gasteiger partial charge in [-0.05, 0) is 26.0 Å². The molecule has 0 aliphatic carbocycles. The van der Waals surface area contributed by atoms with Gasteiger partial charge in [-0.25, -0.2) is 4.79 Å². The molecule has 2 aliphatic rings. The molecule has 0 unspecified atom stereocenters. The summed E-state index contributed by atoms with van der Waals surface area (Å²) in [5.41, 5.74) is 0. The SMILES string of the molecule is CC1(C)[C@H](C(=O)O)N2C(=O)[C@H](NC(=O)COc3ccccc3)[C@H]2[S@@]1=O. The number of fused-ring (bicyclic) bond motifs is 1. The molecular formula is C16H18N2O6S. The molecule has 0 saturated carbocycles. The molecule has 9 heteroatoms. The van der Waals surface area contributed by atoms with Crippen LogP contribution in [0.15, 0.2) is 30.3 Å². The number of β-lactam (4-membered cyclic amide) rings is 1. The predicted octanol–water partition coefficient (Wildman–Crippen LogP) is -0.287. The number of carbonyl (C=O) groups excluding carboxylic acids is 2. The first-order valence-electron chi connectivity index (χ1n) is 7.68. The molecule has 1 aromatic rings. The monoisotopic (exact) mass is 366 g/mol. The number of para-hydroxylation sites is 1. The van der Waals surface area contributed by atoms with Crippen molar-refractivity contribution in [3.63, 3.8) is 0 Å². The Morgan fingerprint density at radius 1 is 1.32 bits per heavy atom. The fourth-order valence-corrected chi connectivity index (χ4v) is 5.09. The second-order valence-electron chi connectivity index (χ2n) is 6.42. The summed E-state index contributed by atoms with van der Waals surface area (Å²) in [5, 5.41) is 11.0. The van der Waals surface area contributed by atoms with Crippen LogP contribution in [0.25, 0.3) is 0 Å². The lowest BCUT2D eigenvalue weighted by Gasteiger charge is -2.42. The maximum Gasteiger partial charge on any atom is 0.328 e. The van der Waals surface area contributed by atoms with Gasteiger partial charge in [0, 0.05) is 0 Å². The summed E-state index contributed by atoms with van der Waals surface area (Å²) < 4.78 is 16.8. The molecule has 4 atom stereocenters. The molecule has 1 aromatic carbocycles. The Labute approximate surface area is 146 Å². The van der Waals surface area contributed by atoms with Crippen LogP contribution in [-0.2, 0) is 25.2 Å². The largest absolute Gasteiger partial charge is 0.484 e. The first-order valence-corrected chi connectivity index (χ1v) is 8.89. The number of carboxylic acids is 1. The van der Waals surface area contributed by atoms with Crippen LogP contribution >= 0.6 is 0 Å². The molecule has 2 saturated heterocycles. The smallest absolute Gasteiger partial charge is 0.328 e. The minimum absolute atomic E-state index is 0.293. The van der Waals surface area contributed by atoms with Crippen molar-refractivity contribution in [2.24, 2.45) is 0 Å². The van der Waals surface area contributed by atoms with Gasteiger partial charge in [0.15, 0.2) is 6.61 Å². The van der Waals surface area contributed by atoms with Crippen molar-refractivity contribution >= 4 is 28.6 Å². The molecule has 0 aromatic heterocycles. The number of hydrogen-bond acceptors (Lipinski definition) is 5. The van der Waals surface area contributed by atoms with Crippen molar-refractivity contribution in [2.45, 2.75) is 36.1 Å². The van der Waals surface area contributed by atoms with Gasteiger partial charge in [0.2, 0.25) is 5.91 Å². The molecule has 0 radical (unpaired) electrons. The number of hydrogen-bond donors (Lipinski definition) is 2. The molecular weight excluding hydrogens is 348 g/mol. The van der Waals surface area contributed by atoms with Crippen LogP contribution < -0.4 is 10.1 Å². The van der Waals surface area contributed by atoms with Crippen molar-refractivity contribution in [1.29, 1.82) is 0 Å². The molecule has 134 valence electrons. The van der Waals surface area contributed by atoms with E-state index in [1.165, 1.54) is 0 Å². The fraction of sp³-hybridized carbons (Fsp3) is 0.438. The van der Waals surface area contributed by atoms with Gasteiger partial charge < -0.3 is 20.1 Å². The highest BCUT2D eigenvalue weighted by Gasteiger charge is 2.68. The van der Waals surface area contributed by atoms with Crippen LogP contribution in [0, 0.1) is 0 Å². The number of nitrogens with zero attached hydrogens (tertiary/aromatic N) is 1. The van der Waals surface area contributed by atoms with Crippen LogP contribution in [0.5, 0.6) is 5.75 Å². The van der Waals surface area contributed by atoms with Crippen molar-refractivity contribution in [3.8, 4) is 5.75 Å². The summed E-state index contributed by atoms with van der Waals surface area (Å²) in [6.45, 7) is 2.80. The number of nitrogens with one attached hydrogen (secondary N) is 1. The van der Waals surface area contributed by atoms with E-state index in [0.717, 1.165) is 4.90 Å². The number of ether oxygens (including phenoxy) is 1. The Hall–Kier alpha value is -2.42. The number of rotatable bonds is 5. The number of amides is 2. The van der Waals surface area contributed by atoms with Gasteiger partial charge >= 0.3 is 5.97 Å². The average Bonchev–Trinajstić information content (AvgIpc) is 2.76. The molecule has 8 nitrogen and oxygen atoms in total. The lowest BCUT2D eigenvalue weighted by molar-refractivity contribution is -0.161. The van der Waals surface area contributed by atoms with Gasteiger partial charge in [-0.2, -0.15) is 0 Å². The Kier molecular flexibility index (Phi) is 4.28. The Balaban J connectivity index is 1.65. The first-order chi connectivity index (χ1) is 11.7. The predicted molar refractivity (Wildman–Crippen MR) is 88.1 cm³/mol. The summed E-state index contributed by atoms with van der Waals surface area (Å²) in [6, 6.07) is 6.55. The Bertz CT molecular complexity index is 750. The lowest BCUT2D eigenvalue weighted by Crippen LogP contribution is -2.71. The standard InChI is InChI=1S/C16H18N2O6S/c1-16(2)12(15(21)22)18-13(20)11(14(18)25(16)23)17-10(19)8-24-9-6-4-3-5-7-9/h3-7,11-12,14H,8H2,1-2H3,(H,17,19)(H,21,22)/t11-,12-,14+,25-/m0/s1. The second-order valence-corrected chi connectivity index (χ2v) is 8.55. The van der Waals surface area contributed by atoms with Crippen molar-refractivity contribution < 1.29 is 28.4 Å². The number of carboxylic acid groups (broad SMARTS) is 1. The highest BCUT2D eigenvalue weighted by atomic mass is 32.2. The van der Waals surface area contributed by atoms with Gasteiger partial charge in [-0.3, -0.25) is 13.8 Å². The average molecular weight is 366 g/mol. The van der Waals surface area contributed by atoms with Crippen LogP contribution in [-0.4, -0.2) is 60.8 Å². The zero-order chi connectivity index (χ0) is 18.4. The van der Waals surface area contributed by atoms with E-state index >= 15 is 0 Å². The lowest BCUT2D eigenvalue weighted by atomic mass is 9.96. The molecule has 0 bridgehead atoms. The molecule has 2 aliphatic heterocycles. The third kappa shape index (κ3) is 2.78. The zero-order valence-corrected chi connectivity index (χ0v) is 14.5. The van der Waals surface area contributed by atoms with E-state index in [1.807, 2.05) is 6.07 Å². The third-order valence-electron chi connectivity index (χ3n) is 4.42. The normalized spacial score (nSPS) is 29.5. The van der Waals surface area contributed by atoms with Crippen LogP contribution in [0.1, 0.15) is 13.8 Å². The number of aliphatic carboxylic acids is 1. The minimum Gasteiger partial charge on any atom is -0.484 e. The second kappa shape index (κ2) is 6.14. The fourth-order valence-electron chi connectivity index (χ4n) is 3.17. The molecule has 25 heavy (non-hydrogen) atoms. The van der Waals surface area contributed by atoms with E-state index in [0.29, 0.717) is 5.75 Å². The van der Waals surface area contributed by atoms with Crippen LogP contribution in [0.3, 0.4) is 0 Å². The van der Waals surface area contributed by atoms with Crippen molar-refractivity contribution in [1.82, 2.24) is 10.2 Å². The van der Waals surface area contributed by atoms with Crippen molar-refractivity contribution in [3.05, 3.63) is 30.3 Å². The molecule has 2 heterocycles. The van der Waals surface area contributed by atoms with Gasteiger partial charge in [0.05, 0.1) is 15.5 Å². The summed E-state index contributed by atoms with van der Waals surface area (Å²) in [4.78, 5) is 36.8. The molecule has 3 rings (SSSR count). The maximum atomic E-state index is 12.6. The minimum atomic E-state index is -1.61. The van der Waals surface area contributed by atoms with Gasteiger partial charge in [-0.1, -0.05) is 18.2 Å². The van der Waals surface area contributed by atoms with E-state index in [2.05, 4.69) is 5.32 Å².